The van der Waals surface area contributed by atoms with Crippen LogP contribution in [0, 0.1) is 0 Å². The van der Waals surface area contributed by atoms with E-state index in [1.165, 1.54) is 12.1 Å². The number of aromatic nitrogens is 1. The largest absolute Gasteiger partial charge is 0.478 e. The van der Waals surface area contributed by atoms with Crippen molar-refractivity contribution < 1.29 is 9.90 Å². The predicted octanol–water partition coefficient (Wildman–Crippen LogP) is 2.01. The number of fused-ring (bicyclic) bond motifs is 3. The van der Waals surface area contributed by atoms with Gasteiger partial charge >= 0.3 is 5.97 Å². The molecule has 0 fully saturated rings. The van der Waals surface area contributed by atoms with Crippen molar-refractivity contribution in [3.63, 3.8) is 0 Å². The molecule has 1 aromatic rings. The predicted molar refractivity (Wildman–Crippen MR) is 56.4 cm³/mol. The average Bonchev–Trinajstić information content (AvgIpc) is 2.75. The van der Waals surface area contributed by atoms with Crippen LogP contribution in [0.5, 0.6) is 0 Å². The Morgan fingerprint density at radius 2 is 1.87 bits per heavy atom. The Morgan fingerprint density at radius 3 is 2.67 bits per heavy atom. The zero-order valence-electron chi connectivity index (χ0n) is 8.75. The normalized spacial score (nSPS) is 18.7. The van der Waals surface area contributed by atoms with E-state index in [1.807, 2.05) is 0 Å². The van der Waals surface area contributed by atoms with Gasteiger partial charge in [0.15, 0.2) is 0 Å². The smallest absolute Gasteiger partial charge is 0.337 e. The van der Waals surface area contributed by atoms with Gasteiger partial charge in [-0.25, -0.2) is 4.79 Å². The van der Waals surface area contributed by atoms with E-state index in [9.17, 15) is 9.90 Å². The van der Waals surface area contributed by atoms with Gasteiger partial charge in [-0.15, -0.1) is 0 Å². The van der Waals surface area contributed by atoms with Crippen LogP contribution in [0.15, 0.2) is 0 Å². The molecule has 2 aliphatic rings. The third kappa shape index (κ3) is 1.15. The lowest BCUT2D eigenvalue weighted by atomic mass is 10.0. The summed E-state index contributed by atoms with van der Waals surface area (Å²) in [6.45, 7) is 1.03. The minimum atomic E-state index is -0.719. The highest BCUT2D eigenvalue weighted by Crippen LogP contribution is 2.34. The van der Waals surface area contributed by atoms with Gasteiger partial charge in [0, 0.05) is 17.9 Å². The van der Waals surface area contributed by atoms with Crippen LogP contribution in [-0.2, 0) is 25.8 Å². The molecule has 2 heterocycles. The standard InChI is InChI=1S/C12H15NO2/c14-12(15)11-8-4-3-6-9(8)13-7-2-1-5-10(11)13/h1-7H2,(H,14,15). The molecule has 1 N–H and O–H groups in total. The number of hydrogen-bond donors (Lipinski definition) is 1. The van der Waals surface area contributed by atoms with Crippen LogP contribution in [0.25, 0.3) is 0 Å². The van der Waals surface area contributed by atoms with Crippen LogP contribution in [-0.4, -0.2) is 15.6 Å². The van der Waals surface area contributed by atoms with E-state index >= 15 is 0 Å². The van der Waals surface area contributed by atoms with E-state index in [-0.39, 0.29) is 0 Å². The molecular weight excluding hydrogens is 190 g/mol. The van der Waals surface area contributed by atoms with Crippen molar-refractivity contribution in [1.82, 2.24) is 4.57 Å². The van der Waals surface area contributed by atoms with Crippen molar-refractivity contribution in [2.75, 3.05) is 0 Å². The topological polar surface area (TPSA) is 42.2 Å². The lowest BCUT2D eigenvalue weighted by Crippen LogP contribution is -2.14. The van der Waals surface area contributed by atoms with Crippen LogP contribution in [0.1, 0.15) is 46.6 Å². The van der Waals surface area contributed by atoms with E-state index in [0.717, 1.165) is 49.9 Å². The van der Waals surface area contributed by atoms with Gasteiger partial charge in [-0.3, -0.25) is 0 Å². The van der Waals surface area contributed by atoms with Gasteiger partial charge < -0.3 is 9.67 Å². The van der Waals surface area contributed by atoms with Gasteiger partial charge in [0.1, 0.15) is 0 Å². The fraction of sp³-hybridized carbons (Fsp3) is 0.583. The van der Waals surface area contributed by atoms with Gasteiger partial charge in [0.2, 0.25) is 0 Å². The first-order valence-electron chi connectivity index (χ1n) is 5.75. The monoisotopic (exact) mass is 205 g/mol. The molecule has 0 unspecified atom stereocenters. The summed E-state index contributed by atoms with van der Waals surface area (Å²) in [4.78, 5) is 11.3. The molecule has 0 aromatic carbocycles. The molecule has 1 aliphatic heterocycles. The highest BCUT2D eigenvalue weighted by atomic mass is 16.4. The number of carboxylic acids is 1. The third-order valence-electron chi connectivity index (χ3n) is 3.69. The molecule has 0 saturated heterocycles. The lowest BCUT2D eigenvalue weighted by Gasteiger charge is -2.18. The fourth-order valence-electron chi connectivity index (χ4n) is 3.11. The molecule has 3 heteroatoms. The van der Waals surface area contributed by atoms with Crippen molar-refractivity contribution in [2.45, 2.75) is 45.1 Å². The zero-order valence-corrected chi connectivity index (χ0v) is 8.75. The first-order valence-corrected chi connectivity index (χ1v) is 5.75. The molecule has 0 atom stereocenters. The quantitative estimate of drug-likeness (QED) is 0.762. The minimum absolute atomic E-state index is 0.641. The highest BCUT2D eigenvalue weighted by molar-refractivity contribution is 5.92. The van der Waals surface area contributed by atoms with Gasteiger partial charge in [-0.2, -0.15) is 0 Å². The Morgan fingerprint density at radius 1 is 1.07 bits per heavy atom. The molecule has 15 heavy (non-hydrogen) atoms. The second kappa shape index (κ2) is 3.12. The summed E-state index contributed by atoms with van der Waals surface area (Å²) >= 11 is 0. The second-order valence-corrected chi connectivity index (χ2v) is 4.51. The number of carboxylic acid groups (broad SMARTS) is 1. The van der Waals surface area contributed by atoms with E-state index in [4.69, 9.17) is 0 Å². The molecule has 1 aliphatic carbocycles. The molecular formula is C12H15NO2. The van der Waals surface area contributed by atoms with Crippen molar-refractivity contribution in [3.05, 3.63) is 22.5 Å². The maximum Gasteiger partial charge on any atom is 0.337 e. The molecule has 0 spiro atoms. The molecule has 80 valence electrons. The Bertz CT molecular complexity index is 431. The fourth-order valence-corrected chi connectivity index (χ4v) is 3.11. The number of nitrogens with zero attached hydrogens (tertiary/aromatic N) is 1. The average molecular weight is 205 g/mol. The van der Waals surface area contributed by atoms with Crippen LogP contribution in [0.2, 0.25) is 0 Å². The maximum atomic E-state index is 11.3. The van der Waals surface area contributed by atoms with Gasteiger partial charge in [0.05, 0.1) is 5.56 Å². The lowest BCUT2D eigenvalue weighted by molar-refractivity contribution is 0.0694. The number of aromatic carboxylic acids is 1. The summed E-state index contributed by atoms with van der Waals surface area (Å²) in [5.74, 6) is -0.719. The molecule has 3 nitrogen and oxygen atoms in total. The van der Waals surface area contributed by atoms with E-state index in [0.29, 0.717) is 5.56 Å². The first-order chi connectivity index (χ1) is 7.29. The minimum Gasteiger partial charge on any atom is -0.478 e. The number of rotatable bonds is 1. The first kappa shape index (κ1) is 9.01. The SMILES string of the molecule is O=C(O)c1c2c(n3c1CCCC3)CCC2. The summed E-state index contributed by atoms with van der Waals surface area (Å²) in [5.41, 5.74) is 4.20. The molecule has 1 aromatic heterocycles. The Labute approximate surface area is 88.7 Å². The Hall–Kier alpha value is -1.25. The van der Waals surface area contributed by atoms with Crippen molar-refractivity contribution in [2.24, 2.45) is 0 Å². The highest BCUT2D eigenvalue weighted by Gasteiger charge is 2.30. The summed E-state index contributed by atoms with van der Waals surface area (Å²) in [7, 11) is 0. The molecule has 3 rings (SSSR count). The third-order valence-corrected chi connectivity index (χ3v) is 3.69. The number of hydrogen-bond acceptors (Lipinski definition) is 1. The van der Waals surface area contributed by atoms with E-state index in [2.05, 4.69) is 4.57 Å². The summed E-state index contributed by atoms with van der Waals surface area (Å²) in [6.07, 6.45) is 6.47. The summed E-state index contributed by atoms with van der Waals surface area (Å²) < 4.78 is 2.29. The van der Waals surface area contributed by atoms with Gasteiger partial charge in [0.25, 0.3) is 0 Å². The zero-order chi connectivity index (χ0) is 10.4. The van der Waals surface area contributed by atoms with Crippen LogP contribution in [0.3, 0.4) is 0 Å². The van der Waals surface area contributed by atoms with Crippen molar-refractivity contribution in [1.29, 1.82) is 0 Å². The van der Waals surface area contributed by atoms with Crippen molar-refractivity contribution >= 4 is 5.97 Å². The second-order valence-electron chi connectivity index (χ2n) is 4.51. The van der Waals surface area contributed by atoms with E-state index in [1.54, 1.807) is 0 Å². The maximum absolute atomic E-state index is 11.3. The summed E-state index contributed by atoms with van der Waals surface area (Å²) in [5, 5.41) is 9.28. The van der Waals surface area contributed by atoms with Crippen LogP contribution < -0.4 is 0 Å². The van der Waals surface area contributed by atoms with Crippen molar-refractivity contribution in [3.8, 4) is 0 Å². The number of carbonyl (C=O) groups is 1. The molecule has 0 amide bonds. The van der Waals surface area contributed by atoms with Crippen LogP contribution in [0.4, 0.5) is 0 Å². The molecule has 0 saturated carbocycles. The van der Waals surface area contributed by atoms with E-state index < -0.39 is 5.97 Å². The van der Waals surface area contributed by atoms with Gasteiger partial charge in [-0.05, 0) is 44.1 Å². The van der Waals surface area contributed by atoms with Crippen LogP contribution >= 0.6 is 0 Å². The molecule has 0 bridgehead atoms. The Balaban J connectivity index is 2.24. The molecule has 0 radical (unpaired) electrons. The Kier molecular flexibility index (Phi) is 1.87. The van der Waals surface area contributed by atoms with Gasteiger partial charge in [-0.1, -0.05) is 0 Å². The summed E-state index contributed by atoms with van der Waals surface area (Å²) in [6, 6.07) is 0.